The van der Waals surface area contributed by atoms with Gasteiger partial charge in [0, 0.05) is 30.1 Å². The van der Waals surface area contributed by atoms with Gasteiger partial charge in [-0.1, -0.05) is 55.6 Å². The van der Waals surface area contributed by atoms with Gasteiger partial charge in [-0.3, -0.25) is 4.90 Å². The highest BCUT2D eigenvalue weighted by atomic mass is 35.5. The van der Waals surface area contributed by atoms with E-state index >= 15 is 0 Å². The number of piperidine rings is 1. The van der Waals surface area contributed by atoms with E-state index in [1.165, 1.54) is 17.5 Å². The Kier molecular flexibility index (Phi) is 5.69. The van der Waals surface area contributed by atoms with Crippen LogP contribution in [0.2, 0.25) is 5.02 Å². The fourth-order valence-electron chi connectivity index (χ4n) is 5.26. The molecule has 4 rings (SSSR count). The summed E-state index contributed by atoms with van der Waals surface area (Å²) >= 11 is 6.07. The van der Waals surface area contributed by atoms with Gasteiger partial charge in [0.05, 0.1) is 5.60 Å². The largest absolute Gasteiger partial charge is 0.508 e. The Morgan fingerprint density at radius 1 is 1.11 bits per heavy atom. The summed E-state index contributed by atoms with van der Waals surface area (Å²) in [7, 11) is 0. The molecule has 0 spiro atoms. The van der Waals surface area contributed by atoms with Crippen molar-refractivity contribution in [3.8, 4) is 5.75 Å². The van der Waals surface area contributed by atoms with Crippen LogP contribution >= 0.6 is 11.6 Å². The van der Waals surface area contributed by atoms with Crippen LogP contribution in [0.25, 0.3) is 0 Å². The Bertz CT molecular complexity index is 822. The SMILES string of the molecule is CCc1cc(C2C3CCCCC3(O)CCN2Cc2ccc(Cl)cc2)ccc1O. The van der Waals surface area contributed by atoms with Gasteiger partial charge in [0.2, 0.25) is 0 Å². The van der Waals surface area contributed by atoms with Crippen LogP contribution in [0.1, 0.15) is 61.8 Å². The number of hydrogen-bond acceptors (Lipinski definition) is 3. The molecule has 3 nitrogen and oxygen atoms in total. The summed E-state index contributed by atoms with van der Waals surface area (Å²) in [6.45, 7) is 3.79. The molecular weight excluding hydrogens is 370 g/mol. The van der Waals surface area contributed by atoms with Gasteiger partial charge in [0.15, 0.2) is 0 Å². The summed E-state index contributed by atoms with van der Waals surface area (Å²) in [5, 5.41) is 22.4. The van der Waals surface area contributed by atoms with Crippen molar-refractivity contribution in [3.63, 3.8) is 0 Å². The van der Waals surface area contributed by atoms with E-state index in [2.05, 4.69) is 30.0 Å². The monoisotopic (exact) mass is 399 g/mol. The quantitative estimate of drug-likeness (QED) is 0.715. The smallest absolute Gasteiger partial charge is 0.118 e. The summed E-state index contributed by atoms with van der Waals surface area (Å²) in [5.41, 5.74) is 2.87. The number of halogens is 1. The first-order chi connectivity index (χ1) is 13.5. The molecule has 28 heavy (non-hydrogen) atoms. The normalized spacial score (nSPS) is 28.1. The molecule has 0 bridgehead atoms. The van der Waals surface area contributed by atoms with Crippen LogP contribution in [-0.2, 0) is 13.0 Å². The molecule has 150 valence electrons. The number of rotatable bonds is 4. The highest BCUT2D eigenvalue weighted by molar-refractivity contribution is 6.30. The van der Waals surface area contributed by atoms with Crippen LogP contribution in [0, 0.1) is 5.92 Å². The molecule has 1 saturated carbocycles. The van der Waals surface area contributed by atoms with Crippen molar-refractivity contribution in [3.05, 3.63) is 64.2 Å². The van der Waals surface area contributed by atoms with E-state index in [9.17, 15) is 10.2 Å². The van der Waals surface area contributed by atoms with Gasteiger partial charge in [-0.2, -0.15) is 0 Å². The van der Waals surface area contributed by atoms with E-state index in [-0.39, 0.29) is 12.0 Å². The maximum Gasteiger partial charge on any atom is 0.118 e. The molecule has 1 aliphatic carbocycles. The Morgan fingerprint density at radius 3 is 2.64 bits per heavy atom. The lowest BCUT2D eigenvalue weighted by atomic mass is 9.66. The van der Waals surface area contributed by atoms with E-state index in [0.717, 1.165) is 55.8 Å². The number of hydrogen-bond donors (Lipinski definition) is 2. The first kappa shape index (κ1) is 19.8. The van der Waals surface area contributed by atoms with E-state index in [0.29, 0.717) is 5.75 Å². The molecular formula is C24H30ClNO2. The van der Waals surface area contributed by atoms with Crippen molar-refractivity contribution < 1.29 is 10.2 Å². The van der Waals surface area contributed by atoms with Gasteiger partial charge in [-0.15, -0.1) is 0 Å². The Hall–Kier alpha value is -1.55. The Labute approximate surface area is 173 Å². The molecule has 0 amide bonds. The molecule has 3 unspecified atom stereocenters. The molecule has 2 aromatic rings. The predicted molar refractivity (Wildman–Crippen MR) is 114 cm³/mol. The number of likely N-dealkylation sites (tertiary alicyclic amines) is 1. The number of phenols is 1. The molecule has 0 aromatic heterocycles. The second-order valence-corrected chi connectivity index (χ2v) is 8.93. The minimum Gasteiger partial charge on any atom is -0.508 e. The summed E-state index contributed by atoms with van der Waals surface area (Å²) in [5.74, 6) is 0.599. The average Bonchev–Trinajstić information content (AvgIpc) is 2.70. The molecule has 2 fully saturated rings. The summed E-state index contributed by atoms with van der Waals surface area (Å²) in [6.07, 6.45) is 5.89. The highest BCUT2D eigenvalue weighted by Crippen LogP contribution is 2.50. The molecule has 3 atom stereocenters. The van der Waals surface area contributed by atoms with Gasteiger partial charge >= 0.3 is 0 Å². The zero-order chi connectivity index (χ0) is 19.7. The van der Waals surface area contributed by atoms with Crippen molar-refractivity contribution >= 4 is 11.6 Å². The van der Waals surface area contributed by atoms with Gasteiger partial charge < -0.3 is 10.2 Å². The summed E-state index contributed by atoms with van der Waals surface area (Å²) in [4.78, 5) is 2.51. The zero-order valence-electron chi connectivity index (χ0n) is 16.6. The fourth-order valence-corrected chi connectivity index (χ4v) is 5.39. The van der Waals surface area contributed by atoms with Crippen LogP contribution in [0.5, 0.6) is 5.75 Å². The van der Waals surface area contributed by atoms with Crippen LogP contribution in [0.4, 0.5) is 0 Å². The van der Waals surface area contributed by atoms with E-state index in [4.69, 9.17) is 11.6 Å². The number of aryl methyl sites for hydroxylation is 1. The van der Waals surface area contributed by atoms with Crippen molar-refractivity contribution in [1.29, 1.82) is 0 Å². The fraction of sp³-hybridized carbons (Fsp3) is 0.500. The van der Waals surface area contributed by atoms with Gasteiger partial charge in [-0.05, 0) is 60.6 Å². The van der Waals surface area contributed by atoms with E-state index < -0.39 is 5.60 Å². The maximum atomic E-state index is 11.4. The summed E-state index contributed by atoms with van der Waals surface area (Å²) in [6, 6.07) is 14.3. The molecule has 0 radical (unpaired) electrons. The minimum absolute atomic E-state index is 0.167. The lowest BCUT2D eigenvalue weighted by Gasteiger charge is -2.53. The molecule has 2 N–H and O–H groups in total. The number of nitrogens with zero attached hydrogens (tertiary/aromatic N) is 1. The third-order valence-corrected chi connectivity index (χ3v) is 7.05. The summed E-state index contributed by atoms with van der Waals surface area (Å²) < 4.78 is 0. The minimum atomic E-state index is -0.566. The number of aromatic hydroxyl groups is 1. The molecule has 4 heteroatoms. The highest BCUT2D eigenvalue weighted by Gasteiger charge is 2.48. The van der Waals surface area contributed by atoms with E-state index in [1.807, 2.05) is 24.3 Å². The van der Waals surface area contributed by atoms with Crippen LogP contribution in [-0.4, -0.2) is 27.3 Å². The predicted octanol–water partition coefficient (Wildman–Crippen LogP) is 5.48. The van der Waals surface area contributed by atoms with Crippen molar-refractivity contribution in [1.82, 2.24) is 4.90 Å². The lowest BCUT2D eigenvalue weighted by Crippen LogP contribution is -2.54. The van der Waals surface area contributed by atoms with Gasteiger partial charge in [0.1, 0.15) is 5.75 Å². The van der Waals surface area contributed by atoms with E-state index in [1.54, 1.807) is 0 Å². The maximum absolute atomic E-state index is 11.4. The average molecular weight is 400 g/mol. The number of benzene rings is 2. The number of aliphatic hydroxyl groups is 1. The van der Waals surface area contributed by atoms with Crippen LogP contribution in [0.15, 0.2) is 42.5 Å². The lowest BCUT2D eigenvalue weighted by molar-refractivity contribution is -0.126. The van der Waals surface area contributed by atoms with Crippen LogP contribution < -0.4 is 0 Å². The number of phenolic OH excluding ortho intramolecular Hbond substituents is 1. The molecule has 2 aromatic carbocycles. The first-order valence-corrected chi connectivity index (χ1v) is 10.9. The Morgan fingerprint density at radius 2 is 1.89 bits per heavy atom. The van der Waals surface area contributed by atoms with Gasteiger partial charge in [-0.25, -0.2) is 0 Å². The third-order valence-electron chi connectivity index (χ3n) is 6.80. The number of fused-ring (bicyclic) bond motifs is 1. The third kappa shape index (κ3) is 3.80. The molecule has 1 aliphatic heterocycles. The van der Waals surface area contributed by atoms with Crippen molar-refractivity contribution in [2.45, 2.75) is 63.6 Å². The first-order valence-electron chi connectivity index (χ1n) is 10.5. The van der Waals surface area contributed by atoms with Crippen LogP contribution in [0.3, 0.4) is 0 Å². The van der Waals surface area contributed by atoms with Gasteiger partial charge in [0.25, 0.3) is 0 Å². The second-order valence-electron chi connectivity index (χ2n) is 8.49. The molecule has 1 saturated heterocycles. The Balaban J connectivity index is 1.70. The van der Waals surface area contributed by atoms with Crippen molar-refractivity contribution in [2.75, 3.05) is 6.54 Å². The van der Waals surface area contributed by atoms with Crippen molar-refractivity contribution in [2.24, 2.45) is 5.92 Å². The standard InChI is InChI=1S/C24H30ClNO2/c1-2-18-15-19(8-11-22(18)27)23-21-5-3-4-12-24(21,28)13-14-26(23)16-17-6-9-20(25)10-7-17/h6-11,15,21,23,27-28H,2-5,12-14,16H2,1H3. The second kappa shape index (κ2) is 8.06. The zero-order valence-corrected chi connectivity index (χ0v) is 17.3. The molecule has 1 heterocycles. The molecule has 2 aliphatic rings. The topological polar surface area (TPSA) is 43.7 Å².